The average Bonchev–Trinajstić information content (AvgIpc) is 2.83. The van der Waals surface area contributed by atoms with Crippen molar-refractivity contribution in [3.8, 4) is 0 Å². The Kier molecular flexibility index (Phi) is 3.87. The van der Waals surface area contributed by atoms with Gasteiger partial charge in [-0.1, -0.05) is 47.0 Å². The molecule has 0 saturated heterocycles. The number of hydrogen-bond acceptors (Lipinski definition) is 2. The van der Waals surface area contributed by atoms with Crippen molar-refractivity contribution in [1.82, 2.24) is 5.32 Å². The number of carbonyl (C=O) groups excluding carboxylic acids is 1. The number of aliphatic carboxylic acids is 1. The minimum Gasteiger partial charge on any atom is -0.481 e. The molecule has 2 saturated carbocycles. The molecule has 0 aromatic heterocycles. The first-order chi connectivity index (χ1) is 9.19. The summed E-state index contributed by atoms with van der Waals surface area (Å²) in [6.45, 7) is 8.44. The van der Waals surface area contributed by atoms with E-state index in [4.69, 9.17) is 0 Å². The molecule has 4 heteroatoms. The van der Waals surface area contributed by atoms with E-state index in [9.17, 15) is 14.7 Å². The Morgan fingerprint density at radius 2 is 1.55 bits per heavy atom. The number of amides is 1. The van der Waals surface area contributed by atoms with Crippen LogP contribution in [0.3, 0.4) is 0 Å². The highest BCUT2D eigenvalue weighted by atomic mass is 16.4. The highest BCUT2D eigenvalue weighted by Gasteiger charge is 2.68. The number of carbonyl (C=O) groups is 2. The normalized spacial score (nSPS) is 32.2. The van der Waals surface area contributed by atoms with Crippen molar-refractivity contribution in [3.05, 3.63) is 0 Å². The molecule has 0 spiro atoms. The van der Waals surface area contributed by atoms with E-state index in [0.29, 0.717) is 6.42 Å². The second kappa shape index (κ2) is 5.05. The first kappa shape index (κ1) is 15.3. The standard InChI is InChI=1S/C16H27NO3/c1-15(2)12(16(15,3)4)13(18)17-11-9-7-5-6-8-10(11)14(19)20/h10-12H,5-9H2,1-4H3,(H,17,18)(H,19,20). The fourth-order valence-corrected chi connectivity index (χ4v) is 3.89. The smallest absolute Gasteiger partial charge is 0.308 e. The summed E-state index contributed by atoms with van der Waals surface area (Å²) in [6.07, 6.45) is 4.49. The molecule has 2 unspecified atom stereocenters. The Bertz CT molecular complexity index is 400. The fraction of sp³-hybridized carbons (Fsp3) is 0.875. The summed E-state index contributed by atoms with van der Waals surface area (Å²) in [6, 6.07) is -0.199. The maximum atomic E-state index is 12.5. The summed E-state index contributed by atoms with van der Waals surface area (Å²) in [4.78, 5) is 23.9. The van der Waals surface area contributed by atoms with E-state index in [1.807, 2.05) is 0 Å². The predicted molar refractivity (Wildman–Crippen MR) is 77.2 cm³/mol. The summed E-state index contributed by atoms with van der Waals surface area (Å²) in [5.74, 6) is -1.16. The van der Waals surface area contributed by atoms with E-state index in [0.717, 1.165) is 25.7 Å². The van der Waals surface area contributed by atoms with Crippen molar-refractivity contribution in [1.29, 1.82) is 0 Å². The number of carboxylic acids is 1. The number of carboxylic acid groups (broad SMARTS) is 1. The van der Waals surface area contributed by atoms with Crippen molar-refractivity contribution >= 4 is 11.9 Å². The SMILES string of the molecule is CC1(C)C(C(=O)NC2CCCCCC2C(=O)O)C1(C)C. The molecular weight excluding hydrogens is 254 g/mol. The Hall–Kier alpha value is -1.06. The second-order valence-electron chi connectivity index (χ2n) is 7.57. The Morgan fingerprint density at radius 3 is 2.05 bits per heavy atom. The zero-order valence-electron chi connectivity index (χ0n) is 13.0. The lowest BCUT2D eigenvalue weighted by Crippen LogP contribution is -2.44. The summed E-state index contributed by atoms with van der Waals surface area (Å²) in [7, 11) is 0. The number of rotatable bonds is 3. The number of nitrogens with one attached hydrogen (secondary N) is 1. The average molecular weight is 281 g/mol. The first-order valence-electron chi connectivity index (χ1n) is 7.73. The molecule has 2 atom stereocenters. The van der Waals surface area contributed by atoms with Gasteiger partial charge in [0.2, 0.25) is 5.91 Å². The lowest BCUT2D eigenvalue weighted by Gasteiger charge is -2.23. The molecule has 0 radical (unpaired) electrons. The van der Waals surface area contributed by atoms with Gasteiger partial charge in [-0.05, 0) is 23.7 Å². The van der Waals surface area contributed by atoms with Gasteiger partial charge in [0, 0.05) is 12.0 Å². The van der Waals surface area contributed by atoms with Crippen molar-refractivity contribution < 1.29 is 14.7 Å². The first-order valence-corrected chi connectivity index (χ1v) is 7.73. The molecule has 0 aromatic rings. The van der Waals surface area contributed by atoms with Gasteiger partial charge in [-0.3, -0.25) is 9.59 Å². The molecule has 0 aromatic carbocycles. The predicted octanol–water partition coefficient (Wildman–Crippen LogP) is 2.82. The molecule has 114 valence electrons. The van der Waals surface area contributed by atoms with E-state index >= 15 is 0 Å². The molecular formula is C16H27NO3. The largest absolute Gasteiger partial charge is 0.481 e. The van der Waals surface area contributed by atoms with Crippen LogP contribution < -0.4 is 5.32 Å². The van der Waals surface area contributed by atoms with Crippen LogP contribution in [-0.4, -0.2) is 23.0 Å². The summed E-state index contributed by atoms with van der Waals surface area (Å²) in [5.41, 5.74) is 0.00106. The topological polar surface area (TPSA) is 66.4 Å². The zero-order valence-corrected chi connectivity index (χ0v) is 13.0. The summed E-state index contributed by atoms with van der Waals surface area (Å²) >= 11 is 0. The van der Waals surface area contributed by atoms with Gasteiger partial charge in [-0.15, -0.1) is 0 Å². The van der Waals surface area contributed by atoms with E-state index in [1.54, 1.807) is 0 Å². The van der Waals surface area contributed by atoms with E-state index in [-0.39, 0.29) is 28.7 Å². The monoisotopic (exact) mass is 281 g/mol. The van der Waals surface area contributed by atoms with Gasteiger partial charge in [0.1, 0.15) is 0 Å². The number of hydrogen-bond donors (Lipinski definition) is 2. The van der Waals surface area contributed by atoms with Crippen LogP contribution in [0, 0.1) is 22.7 Å². The van der Waals surface area contributed by atoms with Crippen molar-refractivity contribution in [2.75, 3.05) is 0 Å². The highest BCUT2D eigenvalue weighted by molar-refractivity contribution is 5.85. The molecule has 2 aliphatic rings. The van der Waals surface area contributed by atoms with E-state index in [1.165, 1.54) is 0 Å². The Morgan fingerprint density at radius 1 is 1.00 bits per heavy atom. The third kappa shape index (κ3) is 2.45. The molecule has 2 aliphatic carbocycles. The van der Waals surface area contributed by atoms with Gasteiger partial charge in [-0.25, -0.2) is 0 Å². The molecule has 0 heterocycles. The van der Waals surface area contributed by atoms with Gasteiger partial charge in [0.05, 0.1) is 5.92 Å². The molecule has 2 N–H and O–H groups in total. The van der Waals surface area contributed by atoms with Crippen LogP contribution >= 0.6 is 0 Å². The summed E-state index contributed by atoms with van der Waals surface area (Å²) < 4.78 is 0. The zero-order chi connectivity index (χ0) is 15.1. The van der Waals surface area contributed by atoms with Crippen molar-refractivity contribution in [2.45, 2.75) is 65.8 Å². The molecule has 2 rings (SSSR count). The lowest BCUT2D eigenvalue weighted by molar-refractivity contribution is -0.143. The molecule has 4 nitrogen and oxygen atoms in total. The molecule has 0 aliphatic heterocycles. The van der Waals surface area contributed by atoms with Crippen LogP contribution in [0.15, 0.2) is 0 Å². The highest BCUT2D eigenvalue weighted by Crippen LogP contribution is 2.68. The van der Waals surface area contributed by atoms with Crippen molar-refractivity contribution in [2.24, 2.45) is 22.7 Å². The minimum atomic E-state index is -0.772. The van der Waals surface area contributed by atoms with Crippen LogP contribution in [-0.2, 0) is 9.59 Å². The van der Waals surface area contributed by atoms with Crippen LogP contribution in [0.1, 0.15) is 59.8 Å². The molecule has 0 bridgehead atoms. The van der Waals surface area contributed by atoms with Crippen LogP contribution in [0.25, 0.3) is 0 Å². The lowest BCUT2D eigenvalue weighted by atomic mass is 9.94. The van der Waals surface area contributed by atoms with E-state index < -0.39 is 11.9 Å². The van der Waals surface area contributed by atoms with Gasteiger partial charge in [0.25, 0.3) is 0 Å². The van der Waals surface area contributed by atoms with Crippen LogP contribution in [0.2, 0.25) is 0 Å². The molecule has 1 amide bonds. The summed E-state index contributed by atoms with van der Waals surface area (Å²) in [5, 5.41) is 12.4. The van der Waals surface area contributed by atoms with Crippen molar-refractivity contribution in [3.63, 3.8) is 0 Å². The van der Waals surface area contributed by atoms with Gasteiger partial charge >= 0.3 is 5.97 Å². The van der Waals surface area contributed by atoms with Gasteiger partial charge in [-0.2, -0.15) is 0 Å². The Labute approximate surface area is 121 Å². The quantitative estimate of drug-likeness (QED) is 0.782. The van der Waals surface area contributed by atoms with Gasteiger partial charge < -0.3 is 10.4 Å². The van der Waals surface area contributed by atoms with E-state index in [2.05, 4.69) is 33.0 Å². The third-order valence-corrected chi connectivity index (χ3v) is 5.94. The second-order valence-corrected chi connectivity index (χ2v) is 7.57. The fourth-order valence-electron chi connectivity index (χ4n) is 3.89. The molecule has 2 fully saturated rings. The van der Waals surface area contributed by atoms with Crippen LogP contribution in [0.4, 0.5) is 0 Å². The maximum Gasteiger partial charge on any atom is 0.308 e. The molecule has 20 heavy (non-hydrogen) atoms. The van der Waals surface area contributed by atoms with Crippen LogP contribution in [0.5, 0.6) is 0 Å². The maximum absolute atomic E-state index is 12.5. The third-order valence-electron chi connectivity index (χ3n) is 5.94. The minimum absolute atomic E-state index is 0.000529. The Balaban J connectivity index is 2.04. The van der Waals surface area contributed by atoms with Gasteiger partial charge in [0.15, 0.2) is 0 Å².